The van der Waals surface area contributed by atoms with E-state index in [2.05, 4.69) is 10.3 Å². The van der Waals surface area contributed by atoms with Crippen LogP contribution in [0.4, 0.5) is 23.4 Å². The minimum atomic E-state index is -4.65. The third kappa shape index (κ3) is 5.65. The van der Waals surface area contributed by atoms with Crippen LogP contribution in [0, 0.1) is 5.82 Å². The molecule has 0 atom stereocenters. The number of carbonyl (C=O) groups is 2. The fourth-order valence-electron chi connectivity index (χ4n) is 3.55. The zero-order chi connectivity index (χ0) is 25.0. The minimum Gasteiger partial charge on any atom is -0.348 e. The summed E-state index contributed by atoms with van der Waals surface area (Å²) in [5.41, 5.74) is -0.375. The first-order valence-corrected chi connectivity index (χ1v) is 10.6. The van der Waals surface area contributed by atoms with Gasteiger partial charge in [-0.3, -0.25) is 9.59 Å². The number of hydrogen-bond acceptors (Lipinski definition) is 4. The monoisotopic (exact) mass is 484 g/mol. The van der Waals surface area contributed by atoms with E-state index in [1.807, 2.05) is 0 Å². The molecule has 1 N–H and O–H groups in total. The number of hydrogen-bond donors (Lipinski definition) is 1. The number of anilines is 1. The van der Waals surface area contributed by atoms with Crippen LogP contribution >= 0.6 is 0 Å². The molecule has 2 heterocycles. The van der Waals surface area contributed by atoms with Crippen molar-refractivity contribution < 1.29 is 27.2 Å². The number of alkyl halides is 3. The predicted molar refractivity (Wildman–Crippen MR) is 121 cm³/mol. The van der Waals surface area contributed by atoms with Crippen LogP contribution in [0.3, 0.4) is 0 Å². The normalized spacial score (nSPS) is 13.6. The van der Waals surface area contributed by atoms with E-state index < -0.39 is 23.2 Å². The second-order valence-corrected chi connectivity index (χ2v) is 7.78. The molecule has 1 aliphatic rings. The molecule has 0 unspecified atom stereocenters. The van der Waals surface area contributed by atoms with Gasteiger partial charge < -0.3 is 15.1 Å². The Morgan fingerprint density at radius 2 is 1.74 bits per heavy atom. The van der Waals surface area contributed by atoms with E-state index in [0.29, 0.717) is 11.4 Å². The lowest BCUT2D eigenvalue weighted by atomic mass is 10.1. The van der Waals surface area contributed by atoms with Crippen molar-refractivity contribution in [2.24, 2.45) is 0 Å². The lowest BCUT2D eigenvalue weighted by Gasteiger charge is -2.32. The lowest BCUT2D eigenvalue weighted by Crippen LogP contribution is -2.43. The van der Waals surface area contributed by atoms with Gasteiger partial charge in [-0.1, -0.05) is 24.3 Å². The fraction of sp³-hybridized carbons (Fsp3) is 0.160. The van der Waals surface area contributed by atoms with Crippen molar-refractivity contribution >= 4 is 17.6 Å². The summed E-state index contributed by atoms with van der Waals surface area (Å²) in [7, 11) is 0. The maximum atomic E-state index is 13.3. The number of benzene rings is 2. The Morgan fingerprint density at radius 3 is 2.43 bits per heavy atom. The molecule has 180 valence electrons. The van der Waals surface area contributed by atoms with Gasteiger partial charge in [-0.25, -0.2) is 9.37 Å². The van der Waals surface area contributed by atoms with Crippen molar-refractivity contribution in [2.75, 3.05) is 18.1 Å². The van der Waals surface area contributed by atoms with Crippen LogP contribution in [-0.2, 0) is 12.7 Å². The molecular weight excluding hydrogens is 464 g/mol. The van der Waals surface area contributed by atoms with E-state index in [-0.39, 0.29) is 31.5 Å². The molecule has 0 bridgehead atoms. The van der Waals surface area contributed by atoms with E-state index in [1.165, 1.54) is 35.4 Å². The van der Waals surface area contributed by atoms with E-state index in [4.69, 9.17) is 0 Å². The minimum absolute atomic E-state index is 0.00929. The highest BCUT2D eigenvalue weighted by Gasteiger charge is 2.36. The number of carbonyl (C=O) groups excluding carboxylic acids is 2. The number of aromatic nitrogens is 1. The van der Waals surface area contributed by atoms with Crippen molar-refractivity contribution in [3.8, 4) is 0 Å². The van der Waals surface area contributed by atoms with Gasteiger partial charge in [0.25, 0.3) is 11.8 Å². The molecule has 2 amide bonds. The molecule has 10 heteroatoms. The summed E-state index contributed by atoms with van der Waals surface area (Å²) in [6.07, 6.45) is 0.0355. The second kappa shape index (κ2) is 9.96. The Morgan fingerprint density at radius 1 is 1.00 bits per heavy atom. The van der Waals surface area contributed by atoms with Crippen LogP contribution in [0.15, 0.2) is 79.1 Å². The predicted octanol–water partition coefficient (Wildman–Crippen LogP) is 4.60. The molecule has 1 aromatic heterocycles. The summed E-state index contributed by atoms with van der Waals surface area (Å²) < 4.78 is 53.0. The molecule has 0 aliphatic carbocycles. The maximum absolute atomic E-state index is 13.3. The van der Waals surface area contributed by atoms with Crippen molar-refractivity contribution in [3.05, 3.63) is 107 Å². The maximum Gasteiger partial charge on any atom is 0.417 e. The highest BCUT2D eigenvalue weighted by atomic mass is 19.4. The second-order valence-electron chi connectivity index (χ2n) is 7.78. The topological polar surface area (TPSA) is 65.5 Å². The molecule has 0 fully saturated rings. The average molecular weight is 484 g/mol. The van der Waals surface area contributed by atoms with Crippen molar-refractivity contribution in [2.45, 2.75) is 12.7 Å². The van der Waals surface area contributed by atoms with Gasteiger partial charge >= 0.3 is 6.18 Å². The zero-order valence-corrected chi connectivity index (χ0v) is 18.3. The number of amides is 2. The zero-order valence-electron chi connectivity index (χ0n) is 18.3. The summed E-state index contributed by atoms with van der Waals surface area (Å²) in [6.45, 7) is 0.349. The molecular formula is C25H20F4N4O2. The molecule has 0 saturated heterocycles. The first kappa shape index (κ1) is 23.9. The van der Waals surface area contributed by atoms with Gasteiger partial charge in [-0.2, -0.15) is 13.2 Å². The van der Waals surface area contributed by atoms with Gasteiger partial charge in [-0.15, -0.1) is 0 Å². The Labute approximate surface area is 198 Å². The molecule has 3 aromatic rings. The van der Waals surface area contributed by atoms with Crippen molar-refractivity contribution in [3.63, 3.8) is 0 Å². The van der Waals surface area contributed by atoms with E-state index in [9.17, 15) is 27.2 Å². The van der Waals surface area contributed by atoms with Crippen LogP contribution in [0.25, 0.3) is 0 Å². The van der Waals surface area contributed by atoms with Crippen LogP contribution < -0.4 is 10.2 Å². The van der Waals surface area contributed by atoms with E-state index in [0.717, 1.165) is 17.7 Å². The van der Waals surface area contributed by atoms with Crippen LogP contribution in [0.5, 0.6) is 0 Å². The van der Waals surface area contributed by atoms with Crippen LogP contribution in [0.2, 0.25) is 0 Å². The third-order valence-corrected chi connectivity index (χ3v) is 5.35. The van der Waals surface area contributed by atoms with Gasteiger partial charge in [0.2, 0.25) is 0 Å². The van der Waals surface area contributed by atoms with Crippen molar-refractivity contribution in [1.29, 1.82) is 0 Å². The molecule has 6 nitrogen and oxygen atoms in total. The van der Waals surface area contributed by atoms with Crippen LogP contribution in [-0.4, -0.2) is 34.9 Å². The Bertz CT molecular complexity index is 1240. The number of halogens is 4. The highest BCUT2D eigenvalue weighted by molar-refractivity contribution is 5.96. The summed E-state index contributed by atoms with van der Waals surface area (Å²) >= 11 is 0. The van der Waals surface area contributed by atoms with E-state index in [1.54, 1.807) is 41.4 Å². The van der Waals surface area contributed by atoms with Gasteiger partial charge in [0, 0.05) is 25.5 Å². The summed E-state index contributed by atoms with van der Waals surface area (Å²) in [4.78, 5) is 32.4. The van der Waals surface area contributed by atoms with Gasteiger partial charge in [0.15, 0.2) is 0 Å². The van der Waals surface area contributed by atoms with Crippen LogP contribution in [0.1, 0.15) is 31.8 Å². The Kier molecular flexibility index (Phi) is 6.81. The van der Waals surface area contributed by atoms with Gasteiger partial charge in [0.05, 0.1) is 23.4 Å². The van der Waals surface area contributed by atoms with Gasteiger partial charge in [-0.05, 0) is 48.0 Å². The molecule has 1 aliphatic heterocycles. The lowest BCUT2D eigenvalue weighted by molar-refractivity contribution is -0.138. The first-order chi connectivity index (χ1) is 16.7. The number of pyridine rings is 1. The molecule has 0 saturated carbocycles. The van der Waals surface area contributed by atoms with Crippen molar-refractivity contribution in [1.82, 2.24) is 15.2 Å². The number of rotatable bonds is 5. The number of nitrogens with zero attached hydrogens (tertiary/aromatic N) is 3. The third-order valence-electron chi connectivity index (χ3n) is 5.35. The first-order valence-electron chi connectivity index (χ1n) is 10.6. The number of nitrogens with one attached hydrogen (secondary N) is 1. The van der Waals surface area contributed by atoms with E-state index >= 15 is 0 Å². The SMILES string of the molecule is O=C(NCc1ccc(F)cc1)c1ccc(N2C=CCN(C(=O)c3ccccc3C(F)(F)F)C2)nc1. The molecule has 0 radical (unpaired) electrons. The molecule has 0 spiro atoms. The average Bonchev–Trinajstić information content (AvgIpc) is 2.87. The summed E-state index contributed by atoms with van der Waals surface area (Å²) in [5.74, 6) is -1.07. The molecule has 2 aromatic carbocycles. The van der Waals surface area contributed by atoms with Gasteiger partial charge in [0.1, 0.15) is 11.6 Å². The summed E-state index contributed by atoms with van der Waals surface area (Å²) in [6, 6.07) is 13.5. The molecule has 35 heavy (non-hydrogen) atoms. The molecule has 4 rings (SSSR count). The fourth-order valence-corrected chi connectivity index (χ4v) is 3.55. The largest absolute Gasteiger partial charge is 0.417 e. The quantitative estimate of drug-likeness (QED) is 0.538. The highest BCUT2D eigenvalue weighted by Crippen LogP contribution is 2.32. The Balaban J connectivity index is 1.41. The Hall–Kier alpha value is -4.21. The summed E-state index contributed by atoms with van der Waals surface area (Å²) in [5, 5.41) is 2.72. The smallest absolute Gasteiger partial charge is 0.348 e. The standard InChI is InChI=1S/C25H20F4N4O2/c26-19-9-6-17(7-10-19)14-31-23(34)18-8-11-22(30-15-18)32-12-3-13-33(16-32)24(35)20-4-1-2-5-21(20)25(27,28)29/h1-12,15H,13-14,16H2,(H,31,34).